The predicted octanol–water partition coefficient (Wildman–Crippen LogP) is 3.45. The van der Waals surface area contributed by atoms with Gasteiger partial charge in [-0.1, -0.05) is 91.0 Å². The highest BCUT2D eigenvalue weighted by molar-refractivity contribution is 5.72. The average molecular weight is 626 g/mol. The van der Waals surface area contributed by atoms with Crippen molar-refractivity contribution in [3.8, 4) is 0 Å². The first-order chi connectivity index (χ1) is 22.4. The average Bonchev–Trinajstić information content (AvgIpc) is 3.42. The van der Waals surface area contributed by atoms with Gasteiger partial charge in [-0.3, -0.25) is 24.0 Å². The fourth-order valence-electron chi connectivity index (χ4n) is 6.84. The number of aromatic nitrogens is 2. The summed E-state index contributed by atoms with van der Waals surface area (Å²) in [5.74, 6) is -0.425. The van der Waals surface area contributed by atoms with Gasteiger partial charge in [0, 0.05) is 12.3 Å². The van der Waals surface area contributed by atoms with Crippen LogP contribution in [-0.4, -0.2) is 70.1 Å². The second-order valence-corrected chi connectivity index (χ2v) is 11.7. The molecule has 4 aromatic rings. The van der Waals surface area contributed by atoms with Crippen molar-refractivity contribution in [3.63, 3.8) is 0 Å². The van der Waals surface area contributed by atoms with Crippen molar-refractivity contribution in [3.05, 3.63) is 141 Å². The molecule has 0 bridgehead atoms. The first-order valence-electron chi connectivity index (χ1n) is 15.8. The van der Waals surface area contributed by atoms with E-state index in [4.69, 9.17) is 14.2 Å². The molecule has 0 saturated carbocycles. The lowest BCUT2D eigenvalue weighted by Gasteiger charge is -2.40. The van der Waals surface area contributed by atoms with Crippen LogP contribution in [0.2, 0.25) is 0 Å². The lowest BCUT2D eigenvalue weighted by Crippen LogP contribution is -2.53. The lowest BCUT2D eigenvalue weighted by atomic mass is 9.80. The summed E-state index contributed by atoms with van der Waals surface area (Å²) in [6, 6.07) is 30.6. The number of likely N-dealkylation sites (tertiary alicyclic amines) is 1. The summed E-state index contributed by atoms with van der Waals surface area (Å²) in [6.07, 6.45) is -0.388. The van der Waals surface area contributed by atoms with E-state index in [1.165, 1.54) is 16.8 Å². The summed E-state index contributed by atoms with van der Waals surface area (Å²) < 4.78 is 20.1. The van der Waals surface area contributed by atoms with Crippen LogP contribution in [0.4, 0.5) is 0 Å². The maximum atomic E-state index is 12.8. The van der Waals surface area contributed by atoms with Crippen LogP contribution in [0, 0.1) is 5.92 Å². The Balaban J connectivity index is 1.37. The number of aliphatic hydroxyl groups is 1. The Hall–Kier alpha value is -4.35. The number of carbonyl (C=O) groups is 1. The summed E-state index contributed by atoms with van der Waals surface area (Å²) in [5.41, 5.74) is 0.532. The third kappa shape index (κ3) is 6.21. The smallest absolute Gasteiger partial charge is 0.330 e. The van der Waals surface area contributed by atoms with Gasteiger partial charge >= 0.3 is 11.7 Å². The standard InChI is InChI=1S/C36H39N3O7/c1-2-44-34(42)25-18-21-38(22-19-25)31-29(46-33(32(31)41)39-23-20-30(40)37-35(39)43)24-45-36(26-12-6-3-7-13-26,27-14-8-4-9-15-27)28-16-10-5-11-17-28/h3-17,20,23,25,29,31-33,41H,2,18-19,21-22,24H2,1H3,(H,37,40,43)/t29-,31-,32+,33-/m1/s1. The van der Waals surface area contributed by atoms with Crippen molar-refractivity contribution in [1.82, 2.24) is 14.5 Å². The van der Waals surface area contributed by atoms with Gasteiger partial charge in [0.1, 0.15) is 17.8 Å². The van der Waals surface area contributed by atoms with E-state index in [0.717, 1.165) is 16.7 Å². The summed E-state index contributed by atoms with van der Waals surface area (Å²) in [6.45, 7) is 3.24. The van der Waals surface area contributed by atoms with Gasteiger partial charge in [-0.15, -0.1) is 0 Å². The highest BCUT2D eigenvalue weighted by atomic mass is 16.6. The van der Waals surface area contributed by atoms with Crippen LogP contribution in [0.1, 0.15) is 42.7 Å². The Bertz CT molecular complexity index is 1610. The van der Waals surface area contributed by atoms with E-state index in [2.05, 4.69) is 9.88 Å². The summed E-state index contributed by atoms with van der Waals surface area (Å²) in [7, 11) is 0. The summed E-state index contributed by atoms with van der Waals surface area (Å²) >= 11 is 0. The van der Waals surface area contributed by atoms with Gasteiger partial charge in [-0.25, -0.2) is 4.79 Å². The quantitative estimate of drug-likeness (QED) is 0.203. The highest BCUT2D eigenvalue weighted by Gasteiger charge is 2.50. The minimum atomic E-state index is -1.13. The zero-order valence-electron chi connectivity index (χ0n) is 25.7. The molecule has 46 heavy (non-hydrogen) atoms. The first kappa shape index (κ1) is 31.6. The van der Waals surface area contributed by atoms with E-state index in [1.54, 1.807) is 6.92 Å². The van der Waals surface area contributed by atoms with E-state index in [-0.39, 0.29) is 18.5 Å². The van der Waals surface area contributed by atoms with Crippen LogP contribution in [0.15, 0.2) is 113 Å². The van der Waals surface area contributed by atoms with Crippen molar-refractivity contribution >= 4 is 5.97 Å². The number of esters is 1. The molecule has 1 aromatic heterocycles. The van der Waals surface area contributed by atoms with Crippen molar-refractivity contribution in [1.29, 1.82) is 0 Å². The molecule has 240 valence electrons. The van der Waals surface area contributed by atoms with Crippen LogP contribution in [0.25, 0.3) is 0 Å². The number of hydrogen-bond acceptors (Lipinski definition) is 8. The molecule has 2 N–H and O–H groups in total. The van der Waals surface area contributed by atoms with Gasteiger partial charge in [-0.2, -0.15) is 0 Å². The number of aliphatic hydroxyl groups excluding tert-OH is 1. The molecule has 10 heteroatoms. The van der Waals surface area contributed by atoms with Crippen molar-refractivity contribution in [2.75, 3.05) is 26.3 Å². The molecule has 2 saturated heterocycles. The third-order valence-electron chi connectivity index (χ3n) is 9.04. The van der Waals surface area contributed by atoms with Crippen molar-refractivity contribution < 1.29 is 24.1 Å². The predicted molar refractivity (Wildman–Crippen MR) is 171 cm³/mol. The van der Waals surface area contributed by atoms with Gasteiger partial charge < -0.3 is 19.3 Å². The second-order valence-electron chi connectivity index (χ2n) is 11.7. The van der Waals surface area contributed by atoms with Crippen LogP contribution in [-0.2, 0) is 24.6 Å². The molecule has 2 fully saturated rings. The number of carbonyl (C=O) groups excluding carboxylic acids is 1. The third-order valence-corrected chi connectivity index (χ3v) is 9.04. The molecule has 4 atom stereocenters. The number of hydrogen-bond donors (Lipinski definition) is 2. The van der Waals surface area contributed by atoms with Gasteiger partial charge in [0.15, 0.2) is 6.23 Å². The maximum Gasteiger partial charge on any atom is 0.330 e. The lowest BCUT2D eigenvalue weighted by molar-refractivity contribution is -0.150. The number of ether oxygens (including phenoxy) is 3. The fourth-order valence-corrected chi connectivity index (χ4v) is 6.84. The van der Waals surface area contributed by atoms with Gasteiger partial charge in [0.2, 0.25) is 0 Å². The molecular weight excluding hydrogens is 586 g/mol. The number of nitrogens with one attached hydrogen (secondary N) is 1. The Morgan fingerprint density at radius 2 is 1.43 bits per heavy atom. The van der Waals surface area contributed by atoms with Gasteiger partial charge in [-0.05, 0) is 49.5 Å². The molecule has 3 aromatic carbocycles. The zero-order valence-corrected chi connectivity index (χ0v) is 25.7. The maximum absolute atomic E-state index is 12.8. The van der Waals surface area contributed by atoms with Gasteiger partial charge in [0.25, 0.3) is 5.56 Å². The van der Waals surface area contributed by atoms with Crippen molar-refractivity contribution in [2.24, 2.45) is 5.92 Å². The second kappa shape index (κ2) is 14.0. The van der Waals surface area contributed by atoms with E-state index in [0.29, 0.717) is 32.5 Å². The molecule has 6 rings (SSSR count). The Morgan fingerprint density at radius 1 is 0.891 bits per heavy atom. The zero-order chi connectivity index (χ0) is 32.1. The topological polar surface area (TPSA) is 123 Å². The van der Waals surface area contributed by atoms with E-state index < -0.39 is 41.3 Å². The van der Waals surface area contributed by atoms with E-state index in [9.17, 15) is 19.5 Å². The normalized spacial score (nSPS) is 22.5. The Labute approximate surface area is 267 Å². The van der Waals surface area contributed by atoms with E-state index >= 15 is 0 Å². The number of H-pyrrole nitrogens is 1. The molecule has 3 heterocycles. The van der Waals surface area contributed by atoms with Crippen LogP contribution in [0.5, 0.6) is 0 Å². The molecular formula is C36H39N3O7. The molecule has 0 spiro atoms. The van der Waals surface area contributed by atoms with Crippen LogP contribution < -0.4 is 11.2 Å². The minimum absolute atomic E-state index is 0.0623. The fraction of sp³-hybridized carbons (Fsp3) is 0.361. The number of aromatic amines is 1. The molecule has 10 nitrogen and oxygen atoms in total. The SMILES string of the molecule is CCOC(=O)C1CCN([C@H]2[C@H](O)[C@H](n3ccc(=O)[nH]c3=O)O[C@@H]2COC(c2ccccc2)(c2ccccc2)c2ccccc2)CC1. The highest BCUT2D eigenvalue weighted by Crippen LogP contribution is 2.42. The molecule has 0 radical (unpaired) electrons. The van der Waals surface area contributed by atoms with Crippen LogP contribution in [0.3, 0.4) is 0 Å². The summed E-state index contributed by atoms with van der Waals surface area (Å²) in [5, 5.41) is 11.8. The van der Waals surface area contributed by atoms with Crippen LogP contribution >= 0.6 is 0 Å². The number of nitrogens with zero attached hydrogens (tertiary/aromatic N) is 2. The first-order valence-corrected chi connectivity index (χ1v) is 15.8. The minimum Gasteiger partial charge on any atom is -0.466 e. The monoisotopic (exact) mass is 625 g/mol. The molecule has 0 aliphatic carbocycles. The molecule has 0 unspecified atom stereocenters. The largest absolute Gasteiger partial charge is 0.466 e. The van der Waals surface area contributed by atoms with Crippen molar-refractivity contribution in [2.45, 2.75) is 49.8 Å². The molecule has 2 aliphatic rings. The Morgan fingerprint density at radius 3 is 1.93 bits per heavy atom. The van der Waals surface area contributed by atoms with Gasteiger partial charge in [0.05, 0.1) is 25.2 Å². The Kier molecular flexibility index (Phi) is 9.60. The number of benzene rings is 3. The molecule has 0 amide bonds. The summed E-state index contributed by atoms with van der Waals surface area (Å²) in [4.78, 5) is 41.5. The molecule has 2 aliphatic heterocycles. The van der Waals surface area contributed by atoms with E-state index in [1.807, 2.05) is 91.0 Å². The number of piperidine rings is 1. The number of rotatable bonds is 10.